The van der Waals surface area contributed by atoms with Gasteiger partial charge in [0, 0.05) is 17.5 Å². The number of carbonyl (C=O) groups is 1. The number of rotatable bonds is 5. The van der Waals surface area contributed by atoms with Crippen LogP contribution in [0.3, 0.4) is 0 Å². The molecule has 1 aromatic heterocycles. The number of fused-ring (bicyclic) bond motifs is 1. The lowest BCUT2D eigenvalue weighted by molar-refractivity contribution is -0.150. The molecule has 2 aromatic carbocycles. The first-order chi connectivity index (χ1) is 12.5. The number of benzene rings is 2. The van der Waals surface area contributed by atoms with Crippen molar-refractivity contribution in [3.05, 3.63) is 64.0 Å². The minimum Gasteiger partial charge on any atom is -0.477 e. The van der Waals surface area contributed by atoms with E-state index in [0.717, 1.165) is 5.56 Å². The van der Waals surface area contributed by atoms with E-state index in [1.165, 1.54) is 12.1 Å². The van der Waals surface area contributed by atoms with Crippen molar-refractivity contribution in [1.29, 1.82) is 0 Å². The molecule has 0 N–H and O–H groups in total. The van der Waals surface area contributed by atoms with Gasteiger partial charge in [0.05, 0.1) is 11.6 Å². The molecule has 0 saturated carbocycles. The number of carbonyl (C=O) groups excluding carboxylic acids is 1. The zero-order valence-electron chi connectivity index (χ0n) is 14.3. The van der Waals surface area contributed by atoms with Gasteiger partial charge < -0.3 is 13.9 Å². The second-order valence-corrected chi connectivity index (χ2v) is 6.04. The van der Waals surface area contributed by atoms with Crippen LogP contribution in [-0.2, 0) is 9.53 Å². The summed E-state index contributed by atoms with van der Waals surface area (Å²) in [5.74, 6) is -0.253. The minimum atomic E-state index is -0.839. The Balaban J connectivity index is 2.07. The highest BCUT2D eigenvalue weighted by atomic mass is 35.5. The molecular formula is C20H17ClO5. The maximum absolute atomic E-state index is 12.0. The quantitative estimate of drug-likeness (QED) is 0.489. The van der Waals surface area contributed by atoms with E-state index >= 15 is 0 Å². The lowest BCUT2D eigenvalue weighted by Gasteiger charge is -2.15. The van der Waals surface area contributed by atoms with Crippen molar-refractivity contribution < 1.29 is 18.7 Å². The van der Waals surface area contributed by atoms with Gasteiger partial charge in [0.2, 0.25) is 0 Å². The monoisotopic (exact) mass is 372 g/mol. The third-order valence-electron chi connectivity index (χ3n) is 3.80. The fourth-order valence-corrected chi connectivity index (χ4v) is 2.82. The Hall–Kier alpha value is -2.79. The first kappa shape index (κ1) is 18.0. The molecule has 26 heavy (non-hydrogen) atoms. The van der Waals surface area contributed by atoms with E-state index in [0.29, 0.717) is 21.6 Å². The van der Waals surface area contributed by atoms with Crippen molar-refractivity contribution in [3.8, 4) is 16.9 Å². The smallest absolute Gasteiger partial charge is 0.347 e. The summed E-state index contributed by atoms with van der Waals surface area (Å²) in [6.07, 6.45) is -0.839. The van der Waals surface area contributed by atoms with Crippen LogP contribution in [0.15, 0.2) is 57.7 Å². The van der Waals surface area contributed by atoms with Gasteiger partial charge in [0.25, 0.3) is 0 Å². The molecule has 1 atom stereocenters. The van der Waals surface area contributed by atoms with Crippen molar-refractivity contribution in [3.63, 3.8) is 0 Å². The van der Waals surface area contributed by atoms with Crippen LogP contribution >= 0.6 is 11.6 Å². The molecule has 0 saturated heterocycles. The second kappa shape index (κ2) is 7.62. The molecule has 0 radical (unpaired) electrons. The van der Waals surface area contributed by atoms with E-state index in [2.05, 4.69) is 0 Å². The molecule has 1 unspecified atom stereocenters. The Kier molecular flexibility index (Phi) is 5.28. The van der Waals surface area contributed by atoms with Crippen LogP contribution in [-0.4, -0.2) is 18.7 Å². The maximum atomic E-state index is 12.0. The summed E-state index contributed by atoms with van der Waals surface area (Å²) in [5.41, 5.74) is 1.42. The largest absolute Gasteiger partial charge is 0.477 e. The highest BCUT2D eigenvalue weighted by Gasteiger charge is 2.19. The Morgan fingerprint density at radius 2 is 1.92 bits per heavy atom. The van der Waals surface area contributed by atoms with E-state index in [9.17, 15) is 9.59 Å². The Morgan fingerprint density at radius 1 is 1.19 bits per heavy atom. The van der Waals surface area contributed by atoms with Crippen molar-refractivity contribution in [1.82, 2.24) is 0 Å². The zero-order valence-corrected chi connectivity index (χ0v) is 15.1. The summed E-state index contributed by atoms with van der Waals surface area (Å²) in [7, 11) is 0. The van der Waals surface area contributed by atoms with Gasteiger partial charge in [0.15, 0.2) is 6.10 Å². The Morgan fingerprint density at radius 3 is 2.62 bits per heavy atom. The minimum absolute atomic E-state index is 0.244. The Labute approximate surface area is 155 Å². The zero-order chi connectivity index (χ0) is 18.7. The molecule has 3 aromatic rings. The summed E-state index contributed by atoms with van der Waals surface area (Å²) < 4.78 is 15.8. The van der Waals surface area contributed by atoms with Crippen LogP contribution in [0.4, 0.5) is 0 Å². The van der Waals surface area contributed by atoms with Crippen LogP contribution in [0.25, 0.3) is 22.1 Å². The van der Waals surface area contributed by atoms with E-state index in [1.807, 2.05) is 30.3 Å². The normalized spacial score (nSPS) is 12.0. The summed E-state index contributed by atoms with van der Waals surface area (Å²) in [6, 6.07) is 14.1. The molecule has 0 bridgehead atoms. The molecule has 0 fully saturated rings. The van der Waals surface area contributed by atoms with Crippen molar-refractivity contribution in [2.75, 3.05) is 6.61 Å². The van der Waals surface area contributed by atoms with Gasteiger partial charge in [-0.1, -0.05) is 41.9 Å². The van der Waals surface area contributed by atoms with E-state index in [1.54, 1.807) is 19.9 Å². The molecule has 134 valence electrons. The van der Waals surface area contributed by atoms with Crippen LogP contribution < -0.4 is 10.4 Å². The van der Waals surface area contributed by atoms with Gasteiger partial charge >= 0.3 is 11.6 Å². The molecule has 0 amide bonds. The van der Waals surface area contributed by atoms with Gasteiger partial charge in [-0.2, -0.15) is 0 Å². The van der Waals surface area contributed by atoms with Crippen LogP contribution in [0.5, 0.6) is 5.75 Å². The fraction of sp³-hybridized carbons (Fsp3) is 0.200. The van der Waals surface area contributed by atoms with E-state index in [4.69, 9.17) is 25.5 Å². The molecule has 0 aliphatic rings. The lowest BCUT2D eigenvalue weighted by atomic mass is 10.0. The topological polar surface area (TPSA) is 65.7 Å². The van der Waals surface area contributed by atoms with Crippen molar-refractivity contribution >= 4 is 28.5 Å². The molecular weight excluding hydrogens is 356 g/mol. The average molecular weight is 373 g/mol. The third-order valence-corrected chi connectivity index (χ3v) is 4.10. The SMILES string of the molecule is CCOC(=O)C(C)Oc1cc2oc(=O)cc(-c3ccccc3)c2cc1Cl. The summed E-state index contributed by atoms with van der Waals surface area (Å²) >= 11 is 6.33. The van der Waals surface area contributed by atoms with Crippen LogP contribution in [0.1, 0.15) is 13.8 Å². The molecule has 3 rings (SSSR count). The molecule has 0 spiro atoms. The first-order valence-electron chi connectivity index (χ1n) is 8.15. The third kappa shape index (κ3) is 3.73. The van der Waals surface area contributed by atoms with Gasteiger partial charge in [-0.05, 0) is 31.0 Å². The number of esters is 1. The highest BCUT2D eigenvalue weighted by molar-refractivity contribution is 6.33. The average Bonchev–Trinajstić information content (AvgIpc) is 2.63. The van der Waals surface area contributed by atoms with Gasteiger partial charge in [-0.15, -0.1) is 0 Å². The Bertz CT molecular complexity index is 994. The summed E-state index contributed by atoms with van der Waals surface area (Å²) in [5, 5.41) is 0.983. The van der Waals surface area contributed by atoms with E-state index in [-0.39, 0.29) is 12.4 Å². The van der Waals surface area contributed by atoms with Gasteiger partial charge in [-0.3, -0.25) is 0 Å². The molecule has 1 heterocycles. The lowest BCUT2D eigenvalue weighted by Crippen LogP contribution is -2.26. The fourth-order valence-electron chi connectivity index (χ4n) is 2.61. The number of ether oxygens (including phenoxy) is 2. The summed E-state index contributed by atoms with van der Waals surface area (Å²) in [4.78, 5) is 23.7. The predicted octanol–water partition coefficient (Wildman–Crippen LogP) is 4.44. The molecule has 6 heteroatoms. The summed E-state index contributed by atoms with van der Waals surface area (Å²) in [6.45, 7) is 3.54. The van der Waals surface area contributed by atoms with Crippen molar-refractivity contribution in [2.45, 2.75) is 20.0 Å². The maximum Gasteiger partial charge on any atom is 0.347 e. The van der Waals surface area contributed by atoms with E-state index < -0.39 is 17.7 Å². The first-order valence-corrected chi connectivity index (χ1v) is 8.53. The van der Waals surface area contributed by atoms with Crippen LogP contribution in [0.2, 0.25) is 5.02 Å². The van der Waals surface area contributed by atoms with Crippen molar-refractivity contribution in [2.24, 2.45) is 0 Å². The predicted molar refractivity (Wildman–Crippen MR) is 99.7 cm³/mol. The van der Waals surface area contributed by atoms with Gasteiger partial charge in [-0.25, -0.2) is 9.59 Å². The number of halogens is 1. The second-order valence-electron chi connectivity index (χ2n) is 5.64. The number of hydrogen-bond acceptors (Lipinski definition) is 5. The highest BCUT2D eigenvalue weighted by Crippen LogP contribution is 2.35. The van der Waals surface area contributed by atoms with Crippen LogP contribution in [0, 0.1) is 0 Å². The number of hydrogen-bond donors (Lipinski definition) is 0. The molecule has 0 aliphatic heterocycles. The van der Waals surface area contributed by atoms with Gasteiger partial charge in [0.1, 0.15) is 11.3 Å². The molecule has 5 nitrogen and oxygen atoms in total. The standard InChI is InChI=1S/C20H17ClO5/c1-3-24-20(23)12(2)25-18-11-17-15(9-16(18)21)14(10-19(22)26-17)13-7-5-4-6-8-13/h4-12H,3H2,1-2H3. The molecule has 0 aliphatic carbocycles.